The van der Waals surface area contributed by atoms with E-state index in [0.717, 1.165) is 9.26 Å². The molecule has 8 heteroatoms. The van der Waals surface area contributed by atoms with Crippen LogP contribution >= 0.6 is 22.6 Å². The highest BCUT2D eigenvalue weighted by atomic mass is 127. The fourth-order valence-corrected chi connectivity index (χ4v) is 2.97. The van der Waals surface area contributed by atoms with Crippen molar-refractivity contribution in [3.8, 4) is 11.4 Å². The Morgan fingerprint density at radius 3 is 2.41 bits per heavy atom. The predicted molar refractivity (Wildman–Crippen MR) is 112 cm³/mol. The van der Waals surface area contributed by atoms with Crippen LogP contribution in [0.3, 0.4) is 0 Å². The number of phenolic OH excluding ortho intramolecular Hbond substituents is 1. The van der Waals surface area contributed by atoms with Gasteiger partial charge in [-0.25, -0.2) is 10.1 Å². The zero-order valence-corrected chi connectivity index (χ0v) is 16.8. The van der Waals surface area contributed by atoms with Crippen molar-refractivity contribution >= 4 is 34.2 Å². The van der Waals surface area contributed by atoms with Crippen LogP contribution in [0.1, 0.15) is 28.5 Å². The Bertz CT molecular complexity index is 1060. The Hall–Kier alpha value is -2.88. The molecular weight excluding hydrogens is 459 g/mol. The molecule has 27 heavy (non-hydrogen) atoms. The number of benzene rings is 2. The van der Waals surface area contributed by atoms with Gasteiger partial charge in [-0.2, -0.15) is 5.10 Å². The molecule has 138 valence electrons. The van der Waals surface area contributed by atoms with Crippen molar-refractivity contribution < 1.29 is 9.90 Å². The zero-order valence-electron chi connectivity index (χ0n) is 14.7. The van der Waals surface area contributed by atoms with Crippen LogP contribution in [0.25, 0.3) is 5.69 Å². The number of aromatic nitrogens is 2. The summed E-state index contributed by atoms with van der Waals surface area (Å²) in [6.45, 7) is 3.44. The fourth-order valence-electron chi connectivity index (χ4n) is 2.61. The number of rotatable bonds is 4. The largest absolute Gasteiger partial charge is 0.508 e. The molecule has 0 saturated heterocycles. The maximum atomic E-state index is 12.8. The summed E-state index contributed by atoms with van der Waals surface area (Å²) in [6.07, 6.45) is 0. The molecule has 0 radical (unpaired) electrons. The summed E-state index contributed by atoms with van der Waals surface area (Å²) in [5.41, 5.74) is 4.71. The Kier molecular flexibility index (Phi) is 5.45. The van der Waals surface area contributed by atoms with Gasteiger partial charge in [-0.3, -0.25) is 14.7 Å². The average Bonchev–Trinajstić information content (AvgIpc) is 2.95. The Balaban J connectivity index is 1.86. The fraction of sp³-hybridized carbons (Fsp3) is 0.105. The molecule has 0 atom stereocenters. The molecule has 0 aliphatic heterocycles. The first kappa shape index (κ1) is 18.9. The van der Waals surface area contributed by atoms with Gasteiger partial charge in [0, 0.05) is 14.8 Å². The van der Waals surface area contributed by atoms with Crippen molar-refractivity contribution in [3.05, 3.63) is 79.3 Å². The lowest BCUT2D eigenvalue weighted by molar-refractivity contribution is 0.0955. The zero-order chi connectivity index (χ0) is 19.6. The number of carbonyl (C=O) groups is 1. The minimum atomic E-state index is -0.430. The van der Waals surface area contributed by atoms with Gasteiger partial charge in [-0.15, -0.1) is 0 Å². The van der Waals surface area contributed by atoms with E-state index in [1.807, 2.05) is 24.3 Å². The highest BCUT2D eigenvalue weighted by molar-refractivity contribution is 14.1. The van der Waals surface area contributed by atoms with Gasteiger partial charge >= 0.3 is 0 Å². The number of aromatic hydroxyl groups is 1. The molecule has 0 spiro atoms. The van der Waals surface area contributed by atoms with Crippen LogP contribution in [0.5, 0.6) is 5.75 Å². The Labute approximate surface area is 168 Å². The average molecular weight is 476 g/mol. The van der Waals surface area contributed by atoms with Crippen molar-refractivity contribution in [2.75, 3.05) is 0 Å². The summed E-state index contributed by atoms with van der Waals surface area (Å²) in [7, 11) is 0. The first-order valence-electron chi connectivity index (χ1n) is 8.08. The van der Waals surface area contributed by atoms with E-state index >= 15 is 0 Å². The van der Waals surface area contributed by atoms with Gasteiger partial charge in [0.1, 0.15) is 5.75 Å². The van der Waals surface area contributed by atoms with E-state index in [9.17, 15) is 14.7 Å². The van der Waals surface area contributed by atoms with Gasteiger partial charge in [0.05, 0.1) is 17.0 Å². The lowest BCUT2D eigenvalue weighted by Gasteiger charge is -2.02. The number of phenols is 1. The van der Waals surface area contributed by atoms with E-state index in [-0.39, 0.29) is 11.3 Å². The molecule has 1 amide bonds. The molecule has 0 aliphatic carbocycles. The number of aromatic amines is 1. The van der Waals surface area contributed by atoms with E-state index in [0.29, 0.717) is 22.5 Å². The Morgan fingerprint density at radius 1 is 1.15 bits per heavy atom. The number of aryl methyl sites for hydroxylation is 1. The second kappa shape index (κ2) is 7.78. The van der Waals surface area contributed by atoms with Crippen LogP contribution in [-0.2, 0) is 0 Å². The summed E-state index contributed by atoms with van der Waals surface area (Å²) in [6, 6.07) is 13.3. The second-order valence-corrected chi connectivity index (χ2v) is 7.16. The lowest BCUT2D eigenvalue weighted by Crippen LogP contribution is -2.23. The number of nitrogens with one attached hydrogen (secondary N) is 2. The number of carbonyl (C=O) groups excluding carboxylic acids is 1. The third-order valence-electron chi connectivity index (χ3n) is 3.97. The van der Waals surface area contributed by atoms with E-state index < -0.39 is 5.91 Å². The maximum Gasteiger partial charge on any atom is 0.280 e. The van der Waals surface area contributed by atoms with Crippen molar-refractivity contribution in [2.45, 2.75) is 13.8 Å². The molecule has 3 N–H and O–H groups in total. The third kappa shape index (κ3) is 4.11. The molecule has 3 rings (SSSR count). The number of hydrogen-bond acceptors (Lipinski definition) is 4. The molecule has 0 aliphatic rings. The van der Waals surface area contributed by atoms with Crippen LogP contribution in [0.4, 0.5) is 0 Å². The number of H-pyrrole nitrogens is 1. The monoisotopic (exact) mass is 476 g/mol. The van der Waals surface area contributed by atoms with Crippen molar-refractivity contribution in [2.24, 2.45) is 5.10 Å². The first-order chi connectivity index (χ1) is 12.9. The van der Waals surface area contributed by atoms with Gasteiger partial charge in [-0.1, -0.05) is 0 Å². The first-order valence-corrected chi connectivity index (χ1v) is 9.16. The summed E-state index contributed by atoms with van der Waals surface area (Å²) in [5.74, 6) is -0.356. The summed E-state index contributed by atoms with van der Waals surface area (Å²) >= 11 is 2.20. The van der Waals surface area contributed by atoms with Crippen molar-refractivity contribution in [1.82, 2.24) is 15.2 Å². The Morgan fingerprint density at radius 2 is 1.78 bits per heavy atom. The number of hydrogen-bond donors (Lipinski definition) is 3. The van der Waals surface area contributed by atoms with E-state index in [2.05, 4.69) is 38.2 Å². The normalized spacial score (nSPS) is 11.4. The molecule has 2 aromatic carbocycles. The SMILES string of the molecule is C/C(=N\NC(=O)c1ccc(O)cc1)c1c(C)[nH]n(-c2ccc(I)cc2)c1=O. The smallest absolute Gasteiger partial charge is 0.280 e. The number of amides is 1. The lowest BCUT2D eigenvalue weighted by atomic mass is 10.2. The van der Waals surface area contributed by atoms with Crippen molar-refractivity contribution in [3.63, 3.8) is 0 Å². The molecule has 7 nitrogen and oxygen atoms in total. The molecule has 1 heterocycles. The molecule has 0 bridgehead atoms. The highest BCUT2D eigenvalue weighted by Gasteiger charge is 2.15. The molecule has 0 fully saturated rings. The van der Waals surface area contributed by atoms with Crippen LogP contribution in [-0.4, -0.2) is 26.5 Å². The van der Waals surface area contributed by atoms with E-state index in [1.165, 1.54) is 28.9 Å². The van der Waals surface area contributed by atoms with Gasteiger partial charge < -0.3 is 5.11 Å². The molecular formula is C19H17IN4O3. The predicted octanol–water partition coefficient (Wildman–Crippen LogP) is 2.94. The summed E-state index contributed by atoms with van der Waals surface area (Å²) in [4.78, 5) is 24.9. The second-order valence-electron chi connectivity index (χ2n) is 5.91. The molecule has 0 unspecified atom stereocenters. The minimum Gasteiger partial charge on any atom is -0.508 e. The topological polar surface area (TPSA) is 99.5 Å². The van der Waals surface area contributed by atoms with E-state index in [1.54, 1.807) is 13.8 Å². The highest BCUT2D eigenvalue weighted by Crippen LogP contribution is 2.12. The molecule has 0 saturated carbocycles. The molecule has 1 aromatic heterocycles. The number of nitrogens with zero attached hydrogens (tertiary/aromatic N) is 2. The van der Waals surface area contributed by atoms with Crippen LogP contribution in [0.15, 0.2) is 58.4 Å². The third-order valence-corrected chi connectivity index (χ3v) is 4.69. The van der Waals surface area contributed by atoms with Crippen LogP contribution in [0.2, 0.25) is 0 Å². The van der Waals surface area contributed by atoms with Crippen LogP contribution in [0, 0.1) is 10.5 Å². The van der Waals surface area contributed by atoms with E-state index in [4.69, 9.17) is 0 Å². The molecule has 3 aromatic rings. The summed E-state index contributed by atoms with van der Waals surface area (Å²) < 4.78 is 2.52. The van der Waals surface area contributed by atoms with Gasteiger partial charge in [0.2, 0.25) is 0 Å². The van der Waals surface area contributed by atoms with Gasteiger partial charge in [0.25, 0.3) is 11.5 Å². The minimum absolute atomic E-state index is 0.0744. The standard InChI is InChI=1S/C19H17IN4O3/c1-11(21-22-18(26)13-3-9-16(25)10-4-13)17-12(2)23-24(19(17)27)15-7-5-14(20)6-8-15/h3-10,23,25H,1-2H3,(H,22,26)/b21-11+. The number of halogens is 1. The maximum absolute atomic E-state index is 12.8. The van der Waals surface area contributed by atoms with Crippen LogP contribution < -0.4 is 11.0 Å². The number of hydrazone groups is 1. The summed E-state index contributed by atoms with van der Waals surface area (Å²) in [5, 5.41) is 16.4. The van der Waals surface area contributed by atoms with Crippen molar-refractivity contribution in [1.29, 1.82) is 0 Å². The quantitative estimate of drug-likeness (QED) is 0.307. The van der Waals surface area contributed by atoms with Gasteiger partial charge in [-0.05, 0) is 85.0 Å². The van der Waals surface area contributed by atoms with Gasteiger partial charge in [0.15, 0.2) is 0 Å².